The van der Waals surface area contributed by atoms with Gasteiger partial charge in [-0.1, -0.05) is 6.07 Å². The number of benzene rings is 2. The predicted molar refractivity (Wildman–Crippen MR) is 93.6 cm³/mol. The molecule has 0 aliphatic heterocycles. The van der Waals surface area contributed by atoms with E-state index in [2.05, 4.69) is 20.0 Å². The molecule has 0 saturated carbocycles. The van der Waals surface area contributed by atoms with Gasteiger partial charge in [-0.2, -0.15) is 0 Å². The Balaban J connectivity index is 1.75. The Bertz CT molecular complexity index is 1080. The molecule has 2 aromatic carbocycles. The molecule has 0 aliphatic rings. The second-order valence-electron chi connectivity index (χ2n) is 5.26. The van der Waals surface area contributed by atoms with Gasteiger partial charge in [0, 0.05) is 18.1 Å². The van der Waals surface area contributed by atoms with Crippen molar-refractivity contribution in [2.45, 2.75) is 4.90 Å². The maximum atomic E-state index is 13.6. The Morgan fingerprint density at radius 2 is 1.59 bits per heavy atom. The van der Waals surface area contributed by atoms with Crippen LogP contribution in [0.2, 0.25) is 0 Å². The van der Waals surface area contributed by atoms with Crippen LogP contribution >= 0.6 is 0 Å². The van der Waals surface area contributed by atoms with Crippen molar-refractivity contribution in [3.63, 3.8) is 0 Å². The second kappa shape index (κ2) is 7.46. The van der Waals surface area contributed by atoms with Gasteiger partial charge < -0.3 is 5.32 Å². The first-order valence-corrected chi connectivity index (χ1v) is 9.00. The highest BCUT2D eigenvalue weighted by molar-refractivity contribution is 7.92. The molecule has 1 amide bonds. The van der Waals surface area contributed by atoms with E-state index in [1.807, 2.05) is 0 Å². The van der Waals surface area contributed by atoms with Crippen LogP contribution in [0.1, 0.15) is 10.4 Å². The van der Waals surface area contributed by atoms with E-state index in [1.54, 1.807) is 0 Å². The number of carbonyl (C=O) groups excluding carboxylic acids is 1. The molecule has 3 rings (SSSR count). The number of hydrogen-bond acceptors (Lipinski definition) is 5. The van der Waals surface area contributed by atoms with E-state index < -0.39 is 33.1 Å². The highest BCUT2D eigenvalue weighted by Gasteiger charge is 2.17. The molecule has 0 bridgehead atoms. The fraction of sp³-hybridized carbons (Fsp3) is 0. The first kappa shape index (κ1) is 18.4. The van der Waals surface area contributed by atoms with Crippen molar-refractivity contribution < 1.29 is 22.0 Å². The van der Waals surface area contributed by atoms with Crippen molar-refractivity contribution >= 4 is 27.6 Å². The van der Waals surface area contributed by atoms with Crippen molar-refractivity contribution in [2.75, 3.05) is 10.0 Å². The van der Waals surface area contributed by atoms with E-state index in [4.69, 9.17) is 0 Å². The average molecular weight is 390 g/mol. The molecule has 7 nitrogen and oxygen atoms in total. The van der Waals surface area contributed by atoms with Gasteiger partial charge in [-0.25, -0.2) is 31.9 Å². The number of halogens is 2. The third kappa shape index (κ3) is 4.23. The van der Waals surface area contributed by atoms with Gasteiger partial charge in [0.1, 0.15) is 0 Å². The van der Waals surface area contributed by atoms with E-state index in [-0.39, 0.29) is 16.5 Å². The van der Waals surface area contributed by atoms with Gasteiger partial charge >= 0.3 is 0 Å². The fourth-order valence-electron chi connectivity index (χ4n) is 2.13. The van der Waals surface area contributed by atoms with Crippen LogP contribution < -0.4 is 10.0 Å². The van der Waals surface area contributed by atoms with Gasteiger partial charge in [0.05, 0.1) is 10.5 Å². The van der Waals surface area contributed by atoms with Crippen LogP contribution in [0, 0.1) is 11.6 Å². The van der Waals surface area contributed by atoms with Gasteiger partial charge in [-0.15, -0.1) is 0 Å². The quantitative estimate of drug-likeness (QED) is 0.698. The SMILES string of the molecule is O=C(Nc1ccc(S(=O)(=O)Nc2ncccn2)cc1)c1cccc(F)c1F. The van der Waals surface area contributed by atoms with Gasteiger partial charge in [-0.3, -0.25) is 4.79 Å². The number of nitrogens with one attached hydrogen (secondary N) is 2. The predicted octanol–water partition coefficient (Wildman–Crippen LogP) is 2.81. The van der Waals surface area contributed by atoms with Crippen molar-refractivity contribution in [3.8, 4) is 0 Å². The van der Waals surface area contributed by atoms with Crippen LogP contribution in [0.4, 0.5) is 20.4 Å². The molecule has 27 heavy (non-hydrogen) atoms. The van der Waals surface area contributed by atoms with E-state index in [1.165, 1.54) is 48.8 Å². The summed E-state index contributed by atoms with van der Waals surface area (Å²) in [5.41, 5.74) is -0.256. The van der Waals surface area contributed by atoms with Crippen LogP contribution in [0.3, 0.4) is 0 Å². The van der Waals surface area contributed by atoms with E-state index >= 15 is 0 Å². The van der Waals surface area contributed by atoms with Crippen molar-refractivity contribution in [2.24, 2.45) is 0 Å². The van der Waals surface area contributed by atoms with Gasteiger partial charge in [0.25, 0.3) is 15.9 Å². The van der Waals surface area contributed by atoms with E-state index in [0.717, 1.165) is 12.1 Å². The molecule has 2 N–H and O–H groups in total. The Labute approximate surface area is 153 Å². The summed E-state index contributed by atoms with van der Waals surface area (Å²) in [5, 5.41) is 2.37. The molecule has 138 valence electrons. The van der Waals surface area contributed by atoms with E-state index in [0.29, 0.717) is 0 Å². The molecule has 0 aliphatic carbocycles. The summed E-state index contributed by atoms with van der Waals surface area (Å²) >= 11 is 0. The Morgan fingerprint density at radius 3 is 2.26 bits per heavy atom. The zero-order valence-corrected chi connectivity index (χ0v) is 14.4. The van der Waals surface area contributed by atoms with Crippen molar-refractivity contribution in [1.82, 2.24) is 9.97 Å². The van der Waals surface area contributed by atoms with Crippen LogP contribution in [-0.2, 0) is 10.0 Å². The number of aromatic nitrogens is 2. The molecule has 0 spiro atoms. The number of nitrogens with zero attached hydrogens (tertiary/aromatic N) is 2. The third-order valence-electron chi connectivity index (χ3n) is 3.41. The van der Waals surface area contributed by atoms with E-state index in [9.17, 15) is 22.0 Å². The first-order valence-electron chi connectivity index (χ1n) is 7.52. The lowest BCUT2D eigenvalue weighted by Crippen LogP contribution is -2.16. The summed E-state index contributed by atoms with van der Waals surface area (Å²) in [5.74, 6) is -3.35. The topological polar surface area (TPSA) is 101 Å². The Hall–Kier alpha value is -3.40. The minimum absolute atomic E-state index is 0.0866. The highest BCUT2D eigenvalue weighted by Crippen LogP contribution is 2.18. The normalized spacial score (nSPS) is 11.0. The monoisotopic (exact) mass is 390 g/mol. The van der Waals surface area contributed by atoms with Crippen LogP contribution in [0.5, 0.6) is 0 Å². The molecule has 0 atom stereocenters. The molecule has 0 saturated heterocycles. The number of hydrogen-bond donors (Lipinski definition) is 2. The lowest BCUT2D eigenvalue weighted by Gasteiger charge is -2.09. The number of rotatable bonds is 5. The number of carbonyl (C=O) groups is 1. The maximum Gasteiger partial charge on any atom is 0.264 e. The summed E-state index contributed by atoms with van der Waals surface area (Å²) in [6.45, 7) is 0. The molecule has 10 heteroatoms. The van der Waals surface area contributed by atoms with Gasteiger partial charge in [-0.05, 0) is 42.5 Å². The molecule has 0 fully saturated rings. The molecular weight excluding hydrogens is 378 g/mol. The molecule has 1 aromatic heterocycles. The van der Waals surface area contributed by atoms with Gasteiger partial charge in [0.15, 0.2) is 11.6 Å². The highest BCUT2D eigenvalue weighted by atomic mass is 32.2. The standard InChI is InChI=1S/C17H12F2N4O3S/c18-14-4-1-3-13(15(14)19)16(24)22-11-5-7-12(8-6-11)27(25,26)23-17-20-9-2-10-21-17/h1-10H,(H,22,24)(H,20,21,23). The van der Waals surface area contributed by atoms with Crippen LogP contribution in [-0.4, -0.2) is 24.3 Å². The summed E-state index contributed by atoms with van der Waals surface area (Å²) in [4.78, 5) is 19.5. The molecule has 0 unspecified atom stereocenters. The smallest absolute Gasteiger partial charge is 0.264 e. The zero-order valence-electron chi connectivity index (χ0n) is 13.6. The number of anilines is 2. The van der Waals surface area contributed by atoms with Crippen molar-refractivity contribution in [1.29, 1.82) is 0 Å². The zero-order chi connectivity index (χ0) is 19.4. The number of amides is 1. The van der Waals surface area contributed by atoms with Crippen LogP contribution in [0.15, 0.2) is 65.8 Å². The Morgan fingerprint density at radius 1 is 0.926 bits per heavy atom. The average Bonchev–Trinajstić information content (AvgIpc) is 2.65. The van der Waals surface area contributed by atoms with Gasteiger partial charge in [0.2, 0.25) is 5.95 Å². The van der Waals surface area contributed by atoms with Crippen molar-refractivity contribution in [3.05, 3.63) is 78.1 Å². The minimum Gasteiger partial charge on any atom is -0.322 e. The summed E-state index contributed by atoms with van der Waals surface area (Å²) in [7, 11) is -3.92. The summed E-state index contributed by atoms with van der Waals surface area (Å²) in [6, 6.07) is 9.89. The van der Waals surface area contributed by atoms with Crippen LogP contribution in [0.25, 0.3) is 0 Å². The largest absolute Gasteiger partial charge is 0.322 e. The minimum atomic E-state index is -3.92. The lowest BCUT2D eigenvalue weighted by molar-refractivity contribution is 0.102. The summed E-state index contributed by atoms with van der Waals surface area (Å²) < 4.78 is 53.6. The number of sulfonamides is 1. The molecule has 0 radical (unpaired) electrons. The molecule has 3 aromatic rings. The molecular formula is C17H12F2N4O3S. The first-order chi connectivity index (χ1) is 12.9. The second-order valence-corrected chi connectivity index (χ2v) is 6.94. The molecule has 1 heterocycles. The lowest BCUT2D eigenvalue weighted by atomic mass is 10.2. The summed E-state index contributed by atoms with van der Waals surface area (Å²) in [6.07, 6.45) is 2.77. The Kier molecular flexibility index (Phi) is 5.08. The third-order valence-corrected chi connectivity index (χ3v) is 4.75. The maximum absolute atomic E-state index is 13.6. The fourth-order valence-corrected chi connectivity index (χ4v) is 3.08.